The van der Waals surface area contributed by atoms with Crippen molar-refractivity contribution in [2.24, 2.45) is 0 Å². The number of aliphatic hydroxyl groups excluding tert-OH is 2. The molecule has 1 aromatic carbocycles. The van der Waals surface area contributed by atoms with Crippen molar-refractivity contribution in [2.45, 2.75) is 37.5 Å². The second kappa shape index (κ2) is 10.5. The quantitative estimate of drug-likeness (QED) is 0.189. The highest BCUT2D eigenvalue weighted by atomic mass is 16.5. The highest BCUT2D eigenvalue weighted by molar-refractivity contribution is 5.94. The van der Waals surface area contributed by atoms with Gasteiger partial charge in [0, 0.05) is 37.8 Å². The number of carbonyl (C=O) groups excluding carboxylic acids is 1. The molecule has 0 aliphatic carbocycles. The van der Waals surface area contributed by atoms with Crippen LogP contribution < -0.4 is 32.1 Å². The fraction of sp³-hybridized carbons (Fsp3) is 0.450. The Hall–Kier alpha value is -3.39. The highest BCUT2D eigenvalue weighted by Gasteiger charge is 2.27. The van der Waals surface area contributed by atoms with Crippen molar-refractivity contribution in [3.8, 4) is 0 Å². The number of fused-ring (bicyclic) bond motifs is 1. The Morgan fingerprint density at radius 3 is 2.58 bits per heavy atom. The van der Waals surface area contributed by atoms with Crippen LogP contribution in [0.15, 0.2) is 29.1 Å². The first-order valence-electron chi connectivity index (χ1n) is 10.4. The number of hydrogen-bond donors (Lipinski definition) is 9. The Balaban J connectivity index is 1.57. The van der Waals surface area contributed by atoms with Gasteiger partial charge < -0.3 is 47.0 Å². The normalized spacial score (nSPS) is 16.3. The summed E-state index contributed by atoms with van der Waals surface area (Å²) in [4.78, 5) is 33.1. The highest BCUT2D eigenvalue weighted by Crippen LogP contribution is 2.25. The number of nitrogens with zero attached hydrogens (tertiary/aromatic N) is 2. The van der Waals surface area contributed by atoms with Crippen LogP contribution in [-0.2, 0) is 0 Å². The molecular formula is C20H29N7O6. The lowest BCUT2D eigenvalue weighted by molar-refractivity contribution is -0.0817. The van der Waals surface area contributed by atoms with E-state index in [4.69, 9.17) is 15.9 Å². The largest absolute Gasteiger partial charge is 0.383 e. The number of rotatable bonds is 9. The van der Waals surface area contributed by atoms with Gasteiger partial charge in [-0.3, -0.25) is 14.6 Å². The minimum atomic E-state index is -1.83. The monoisotopic (exact) mass is 463 g/mol. The molecule has 0 fully saturated rings. The zero-order valence-corrected chi connectivity index (χ0v) is 18.0. The molecule has 0 radical (unpaired) electrons. The van der Waals surface area contributed by atoms with Crippen molar-refractivity contribution in [1.82, 2.24) is 15.3 Å². The van der Waals surface area contributed by atoms with Gasteiger partial charge in [0.2, 0.25) is 5.95 Å². The van der Waals surface area contributed by atoms with E-state index in [0.29, 0.717) is 30.2 Å². The third-order valence-corrected chi connectivity index (χ3v) is 5.42. The third kappa shape index (κ3) is 6.10. The molecule has 0 saturated carbocycles. The first-order valence-corrected chi connectivity index (χ1v) is 10.4. The van der Waals surface area contributed by atoms with Gasteiger partial charge in [-0.2, -0.15) is 4.98 Å². The predicted octanol–water partition coefficient (Wildman–Crippen LogP) is -1.81. The standard InChI is InChI=1S/C20H29N7O6/c1-27-12(9-23-16-15(27)18(31)26-20(21)25-16)8-22-11-4-2-10(3-5-11)17(30)24-13(19(32)33)6-7-14(28)29/h2-5,12-14,19,22,28-29,32-33H,6-9H2,1H3,(H,24,30)(H4,21,23,25,26,31)/t12-,13-/m0/s1. The molecule has 0 saturated heterocycles. The molecule has 1 amide bonds. The fourth-order valence-corrected chi connectivity index (χ4v) is 3.53. The number of nitrogen functional groups attached to an aromatic ring is 1. The van der Waals surface area contributed by atoms with Gasteiger partial charge in [-0.05, 0) is 30.7 Å². The number of hydrogen-bond acceptors (Lipinski definition) is 11. The lowest BCUT2D eigenvalue weighted by Gasteiger charge is -2.35. The van der Waals surface area contributed by atoms with Gasteiger partial charge >= 0.3 is 0 Å². The van der Waals surface area contributed by atoms with Crippen LogP contribution in [0, 0.1) is 0 Å². The van der Waals surface area contributed by atoms with Crippen molar-refractivity contribution in [2.75, 3.05) is 41.4 Å². The van der Waals surface area contributed by atoms with Gasteiger partial charge in [-0.15, -0.1) is 0 Å². The Kier molecular flexibility index (Phi) is 7.71. The molecule has 2 heterocycles. The van der Waals surface area contributed by atoms with Gasteiger partial charge in [0.1, 0.15) is 5.69 Å². The Morgan fingerprint density at radius 2 is 1.94 bits per heavy atom. The lowest BCUT2D eigenvalue weighted by Crippen LogP contribution is -2.48. The average Bonchev–Trinajstić information content (AvgIpc) is 2.75. The maximum absolute atomic E-state index is 12.4. The summed E-state index contributed by atoms with van der Waals surface area (Å²) >= 11 is 0. The van der Waals surface area contributed by atoms with Gasteiger partial charge in [-0.1, -0.05) is 0 Å². The number of anilines is 4. The number of nitrogens with one attached hydrogen (secondary N) is 4. The van der Waals surface area contributed by atoms with Crippen molar-refractivity contribution in [3.63, 3.8) is 0 Å². The first-order chi connectivity index (χ1) is 15.7. The number of amides is 1. The summed E-state index contributed by atoms with van der Waals surface area (Å²) in [7, 11) is 1.80. The molecule has 2 atom stereocenters. The molecule has 2 aromatic rings. The molecule has 13 nitrogen and oxygen atoms in total. The van der Waals surface area contributed by atoms with Crippen LogP contribution >= 0.6 is 0 Å². The summed E-state index contributed by atoms with van der Waals surface area (Å²) in [6, 6.07) is 5.47. The Bertz CT molecular complexity index is 1010. The second-order valence-electron chi connectivity index (χ2n) is 7.80. The number of carbonyl (C=O) groups is 1. The number of aromatic nitrogens is 2. The number of H-pyrrole nitrogens is 1. The van der Waals surface area contributed by atoms with Gasteiger partial charge in [0.05, 0.1) is 12.1 Å². The van der Waals surface area contributed by atoms with E-state index in [1.165, 1.54) is 0 Å². The molecule has 10 N–H and O–H groups in total. The molecule has 0 unspecified atom stereocenters. The van der Waals surface area contributed by atoms with Crippen molar-refractivity contribution < 1.29 is 25.2 Å². The number of aliphatic hydroxyl groups is 4. The van der Waals surface area contributed by atoms with Gasteiger partial charge in [0.15, 0.2) is 18.4 Å². The van der Waals surface area contributed by atoms with E-state index in [-0.39, 0.29) is 30.4 Å². The molecule has 0 spiro atoms. The number of likely N-dealkylation sites (N-methyl/N-ethyl adjacent to an activating group) is 1. The summed E-state index contributed by atoms with van der Waals surface area (Å²) in [5.74, 6) is -0.0396. The molecule has 33 heavy (non-hydrogen) atoms. The molecule has 0 bridgehead atoms. The summed E-state index contributed by atoms with van der Waals surface area (Å²) < 4.78 is 0. The molecule has 180 valence electrons. The van der Waals surface area contributed by atoms with Crippen molar-refractivity contribution >= 4 is 29.0 Å². The smallest absolute Gasteiger partial charge is 0.278 e. The minimum Gasteiger partial charge on any atom is -0.383 e. The topological polar surface area (TPSA) is 209 Å². The molecule has 3 rings (SSSR count). The van der Waals surface area contributed by atoms with Crippen LogP contribution in [0.2, 0.25) is 0 Å². The van der Waals surface area contributed by atoms with E-state index >= 15 is 0 Å². The average molecular weight is 463 g/mol. The molecule has 1 aromatic heterocycles. The Morgan fingerprint density at radius 1 is 1.24 bits per heavy atom. The molecular weight excluding hydrogens is 434 g/mol. The second-order valence-corrected chi connectivity index (χ2v) is 7.80. The van der Waals surface area contributed by atoms with Crippen LogP contribution in [0.5, 0.6) is 0 Å². The van der Waals surface area contributed by atoms with Gasteiger partial charge in [-0.25, -0.2) is 0 Å². The predicted molar refractivity (Wildman–Crippen MR) is 122 cm³/mol. The zero-order valence-electron chi connectivity index (χ0n) is 18.0. The molecule has 13 heteroatoms. The van der Waals surface area contributed by atoms with E-state index in [0.717, 1.165) is 5.69 Å². The molecule has 1 aliphatic rings. The number of aromatic amines is 1. The van der Waals surface area contributed by atoms with Crippen LogP contribution in [0.25, 0.3) is 0 Å². The maximum Gasteiger partial charge on any atom is 0.278 e. The van der Waals surface area contributed by atoms with Crippen LogP contribution in [-0.4, -0.2) is 81.1 Å². The Labute approximate surface area is 189 Å². The number of benzene rings is 1. The summed E-state index contributed by atoms with van der Waals surface area (Å²) in [6.07, 6.45) is -3.57. The van der Waals surface area contributed by atoms with Crippen LogP contribution in [0.1, 0.15) is 23.2 Å². The van der Waals surface area contributed by atoms with Gasteiger partial charge in [0.25, 0.3) is 11.5 Å². The van der Waals surface area contributed by atoms with E-state index in [9.17, 15) is 19.8 Å². The number of nitrogens with two attached hydrogens (primary N) is 1. The minimum absolute atomic E-state index is 0.0161. The van der Waals surface area contributed by atoms with Crippen molar-refractivity contribution in [1.29, 1.82) is 0 Å². The van der Waals surface area contributed by atoms with Crippen molar-refractivity contribution in [3.05, 3.63) is 40.2 Å². The maximum atomic E-state index is 12.4. The van der Waals surface area contributed by atoms with Crippen LogP contribution in [0.3, 0.4) is 0 Å². The van der Waals surface area contributed by atoms with E-state index in [1.54, 1.807) is 31.3 Å². The fourth-order valence-electron chi connectivity index (χ4n) is 3.53. The zero-order chi connectivity index (χ0) is 24.1. The van der Waals surface area contributed by atoms with E-state index in [2.05, 4.69) is 25.9 Å². The van der Waals surface area contributed by atoms with E-state index in [1.807, 2.05) is 4.90 Å². The summed E-state index contributed by atoms with van der Waals surface area (Å²) in [6.45, 7) is 1.04. The lowest BCUT2D eigenvalue weighted by atomic mass is 10.1. The SMILES string of the molecule is CN1c2c(nc(N)[nH]c2=O)NC[C@@H]1CNc1ccc(C(=O)N[C@@H](CCC(O)O)C(O)O)cc1. The summed E-state index contributed by atoms with van der Waals surface area (Å²) in [5.41, 5.74) is 6.72. The van der Waals surface area contributed by atoms with E-state index < -0.39 is 24.5 Å². The van der Waals surface area contributed by atoms with Crippen LogP contribution in [0.4, 0.5) is 23.1 Å². The summed E-state index contributed by atoms with van der Waals surface area (Å²) in [5, 5.41) is 45.5. The first kappa shape index (κ1) is 24.3. The third-order valence-electron chi connectivity index (χ3n) is 5.42. The molecule has 1 aliphatic heterocycles.